The number of ether oxygens (including phenoxy) is 1. The van der Waals surface area contributed by atoms with Crippen LogP contribution in [-0.2, 0) is 14.3 Å². The number of esters is 1. The molecule has 0 aliphatic heterocycles. The molecule has 10 nitrogen and oxygen atoms in total. The third kappa shape index (κ3) is 7.56. The van der Waals surface area contributed by atoms with Gasteiger partial charge in [-0.25, -0.2) is 4.63 Å². The number of thioether (sulfide) groups is 1. The number of nitro benzene ring substituents is 1. The van der Waals surface area contributed by atoms with Crippen LogP contribution in [0.15, 0.2) is 52.0 Å². The van der Waals surface area contributed by atoms with Crippen molar-refractivity contribution >= 4 is 46.0 Å². The normalized spacial score (nSPS) is 10.8. The highest BCUT2D eigenvalue weighted by molar-refractivity contribution is 7.99. The minimum absolute atomic E-state index is 0.0515. The van der Waals surface area contributed by atoms with Gasteiger partial charge in [-0.05, 0) is 47.1 Å². The van der Waals surface area contributed by atoms with Gasteiger partial charge in [0, 0.05) is 23.1 Å². The summed E-state index contributed by atoms with van der Waals surface area (Å²) in [7, 11) is 0. The van der Waals surface area contributed by atoms with Crippen LogP contribution in [0.4, 0.5) is 11.4 Å². The molecule has 0 aliphatic carbocycles. The Morgan fingerprint density at radius 1 is 1.00 bits per heavy atom. The molecule has 3 rings (SSSR count). The lowest BCUT2D eigenvalue weighted by Gasteiger charge is -2.06. The Labute approximate surface area is 194 Å². The maximum Gasteiger partial charge on any atom is 0.306 e. The van der Waals surface area contributed by atoms with Crippen molar-refractivity contribution < 1.29 is 23.9 Å². The van der Waals surface area contributed by atoms with E-state index >= 15 is 0 Å². The van der Waals surface area contributed by atoms with Crippen LogP contribution in [0.3, 0.4) is 0 Å². The van der Waals surface area contributed by atoms with Gasteiger partial charge in [-0.2, -0.15) is 0 Å². The smallest absolute Gasteiger partial charge is 0.306 e. The van der Waals surface area contributed by atoms with Crippen LogP contribution in [0.2, 0.25) is 0 Å². The molecule has 0 radical (unpaired) electrons. The number of amides is 1. The number of carbonyl (C=O) groups excluding carboxylic acids is 2. The minimum atomic E-state index is -0.507. The van der Waals surface area contributed by atoms with E-state index in [1.54, 1.807) is 30.0 Å². The third-order valence-corrected chi connectivity index (χ3v) is 5.86. The number of anilines is 1. The molecule has 0 bridgehead atoms. The van der Waals surface area contributed by atoms with Crippen molar-refractivity contribution in [3.05, 3.63) is 52.6 Å². The average Bonchev–Trinajstić information content (AvgIpc) is 3.30. The number of hydrogen-bond acceptors (Lipinski definition) is 9. The first-order valence-electron chi connectivity index (χ1n) is 10.6. The molecule has 3 aromatic rings. The first kappa shape index (κ1) is 24.2. The van der Waals surface area contributed by atoms with Crippen LogP contribution in [0.1, 0.15) is 38.5 Å². The fourth-order valence-corrected chi connectivity index (χ4v) is 4.06. The Balaban J connectivity index is 1.24. The predicted molar refractivity (Wildman–Crippen MR) is 123 cm³/mol. The van der Waals surface area contributed by atoms with E-state index in [0.717, 1.165) is 36.3 Å². The molecule has 33 heavy (non-hydrogen) atoms. The number of fused-ring (bicyclic) bond motifs is 1. The van der Waals surface area contributed by atoms with Crippen molar-refractivity contribution in [1.29, 1.82) is 0 Å². The number of carbonyl (C=O) groups is 2. The molecular formula is C22H24N4O6S. The summed E-state index contributed by atoms with van der Waals surface area (Å²) in [6.07, 6.45) is 3.68. The number of non-ortho nitro benzene ring substituents is 1. The summed E-state index contributed by atoms with van der Waals surface area (Å²) in [5, 5.41) is 21.2. The van der Waals surface area contributed by atoms with Crippen molar-refractivity contribution in [2.45, 2.75) is 43.4 Å². The first-order chi connectivity index (χ1) is 16.0. The zero-order chi connectivity index (χ0) is 23.5. The average molecular weight is 473 g/mol. The van der Waals surface area contributed by atoms with Gasteiger partial charge in [0.2, 0.25) is 11.4 Å². The Hall–Kier alpha value is -3.47. The highest BCUT2D eigenvalue weighted by Crippen LogP contribution is 2.32. The van der Waals surface area contributed by atoms with E-state index in [4.69, 9.17) is 4.74 Å². The molecule has 0 saturated carbocycles. The molecule has 0 atom stereocenters. The topological polar surface area (TPSA) is 137 Å². The molecule has 1 amide bonds. The van der Waals surface area contributed by atoms with Gasteiger partial charge < -0.3 is 10.1 Å². The lowest BCUT2D eigenvalue weighted by Crippen LogP contribution is -2.14. The van der Waals surface area contributed by atoms with E-state index in [1.165, 1.54) is 6.07 Å². The maximum atomic E-state index is 11.8. The van der Waals surface area contributed by atoms with Gasteiger partial charge in [0.15, 0.2) is 5.52 Å². The second-order valence-electron chi connectivity index (χ2n) is 7.20. The van der Waals surface area contributed by atoms with Gasteiger partial charge in [-0.15, -0.1) is 11.8 Å². The number of rotatable bonds is 13. The fraction of sp³-hybridized carbons (Fsp3) is 0.364. The Morgan fingerprint density at radius 2 is 1.76 bits per heavy atom. The molecule has 0 saturated heterocycles. The summed E-state index contributed by atoms with van der Waals surface area (Å²) in [4.78, 5) is 34.9. The van der Waals surface area contributed by atoms with Gasteiger partial charge in [0.25, 0.3) is 0 Å². The monoisotopic (exact) mass is 472 g/mol. The van der Waals surface area contributed by atoms with Crippen molar-refractivity contribution in [2.24, 2.45) is 0 Å². The van der Waals surface area contributed by atoms with Gasteiger partial charge in [-0.1, -0.05) is 31.0 Å². The number of nitrogens with zero attached hydrogens (tertiary/aromatic N) is 3. The van der Waals surface area contributed by atoms with Crippen molar-refractivity contribution in [3.8, 4) is 0 Å². The number of unbranched alkanes of at least 4 members (excludes halogenated alkanes) is 3. The molecule has 11 heteroatoms. The van der Waals surface area contributed by atoms with Gasteiger partial charge in [0.05, 0.1) is 18.0 Å². The van der Waals surface area contributed by atoms with Crippen LogP contribution in [-0.4, -0.2) is 39.5 Å². The number of hydrogen-bond donors (Lipinski definition) is 1. The number of benzene rings is 2. The molecule has 0 unspecified atom stereocenters. The lowest BCUT2D eigenvalue weighted by atomic mass is 10.2. The minimum Gasteiger partial charge on any atom is -0.466 e. The molecule has 2 aromatic carbocycles. The van der Waals surface area contributed by atoms with Crippen molar-refractivity contribution in [3.63, 3.8) is 0 Å². The van der Waals surface area contributed by atoms with E-state index in [1.807, 2.05) is 18.2 Å². The zero-order valence-corrected chi connectivity index (χ0v) is 18.7. The Morgan fingerprint density at radius 3 is 2.55 bits per heavy atom. The summed E-state index contributed by atoms with van der Waals surface area (Å²) in [6.45, 7) is 0.333. The van der Waals surface area contributed by atoms with E-state index in [9.17, 15) is 19.7 Å². The fourth-order valence-electron chi connectivity index (χ4n) is 3.05. The van der Waals surface area contributed by atoms with E-state index < -0.39 is 4.92 Å². The summed E-state index contributed by atoms with van der Waals surface area (Å²) in [6, 6.07) is 12.2. The van der Waals surface area contributed by atoms with E-state index in [2.05, 4.69) is 20.3 Å². The van der Waals surface area contributed by atoms with Crippen molar-refractivity contribution in [2.75, 3.05) is 17.7 Å². The zero-order valence-electron chi connectivity index (χ0n) is 17.9. The number of aromatic nitrogens is 2. The van der Waals surface area contributed by atoms with Crippen molar-refractivity contribution in [1.82, 2.24) is 10.3 Å². The lowest BCUT2D eigenvalue weighted by molar-refractivity contribution is -0.383. The Bertz CT molecular complexity index is 1090. The second kappa shape index (κ2) is 12.5. The quantitative estimate of drug-likeness (QED) is 0.123. The van der Waals surface area contributed by atoms with Crippen LogP contribution >= 0.6 is 11.8 Å². The molecule has 0 fully saturated rings. The van der Waals surface area contributed by atoms with E-state index in [0.29, 0.717) is 17.8 Å². The third-order valence-electron chi connectivity index (χ3n) is 4.73. The van der Waals surface area contributed by atoms with Crippen LogP contribution < -0.4 is 5.32 Å². The van der Waals surface area contributed by atoms with E-state index in [-0.39, 0.29) is 35.9 Å². The van der Waals surface area contributed by atoms with Crippen LogP contribution in [0.25, 0.3) is 11.0 Å². The molecule has 1 aromatic heterocycles. The highest BCUT2D eigenvalue weighted by atomic mass is 32.2. The van der Waals surface area contributed by atoms with Gasteiger partial charge in [0.1, 0.15) is 0 Å². The summed E-state index contributed by atoms with van der Waals surface area (Å²) in [5.41, 5.74) is 1.13. The van der Waals surface area contributed by atoms with Crippen LogP contribution in [0.5, 0.6) is 0 Å². The number of para-hydroxylation sites is 1. The summed E-state index contributed by atoms with van der Waals surface area (Å²) < 4.78 is 9.85. The highest BCUT2D eigenvalue weighted by Gasteiger charge is 2.19. The van der Waals surface area contributed by atoms with Gasteiger partial charge in [-0.3, -0.25) is 19.7 Å². The molecule has 0 spiro atoms. The largest absolute Gasteiger partial charge is 0.466 e. The summed E-state index contributed by atoms with van der Waals surface area (Å²) >= 11 is 1.55. The van der Waals surface area contributed by atoms with Crippen LogP contribution in [0, 0.1) is 10.1 Å². The molecule has 1 N–H and O–H groups in total. The molecule has 0 aliphatic rings. The number of nitrogens with one attached hydrogen (secondary N) is 1. The van der Waals surface area contributed by atoms with Gasteiger partial charge >= 0.3 is 11.7 Å². The standard InChI is InChI=1S/C22H24N4O6S/c27-19(23-16-8-4-3-5-9-16)12-13-20(28)31-14-6-1-2-7-15-33-18-11-10-17(26(29)30)21-22(18)25-32-24-21/h3-5,8-11H,1-2,6-7,12-15H2,(H,23,27). The molecule has 174 valence electrons. The summed E-state index contributed by atoms with van der Waals surface area (Å²) in [5.74, 6) is 0.218. The molecule has 1 heterocycles. The number of nitro groups is 1. The maximum absolute atomic E-state index is 11.8. The second-order valence-corrected chi connectivity index (χ2v) is 8.34. The predicted octanol–water partition coefficient (Wildman–Crippen LogP) is 4.75. The first-order valence-corrected chi connectivity index (χ1v) is 11.6. The Kier molecular flexibility index (Phi) is 9.19. The molecular weight excluding hydrogens is 448 g/mol. The SMILES string of the molecule is O=C(CCC(=O)OCCCCCCSc1ccc([N+](=O)[O-])c2nonc12)Nc1ccccc1.